The van der Waals surface area contributed by atoms with Crippen molar-refractivity contribution in [1.82, 2.24) is 0 Å². The van der Waals surface area contributed by atoms with E-state index in [1.807, 2.05) is 12.1 Å². The Morgan fingerprint density at radius 1 is 1.25 bits per heavy atom. The van der Waals surface area contributed by atoms with Crippen molar-refractivity contribution in [2.75, 3.05) is 26.4 Å². The minimum absolute atomic E-state index is 0.0203. The highest BCUT2D eigenvalue weighted by molar-refractivity contribution is 5.27. The molecule has 2 rings (SSSR count). The van der Waals surface area contributed by atoms with E-state index >= 15 is 0 Å². The summed E-state index contributed by atoms with van der Waals surface area (Å²) in [7, 11) is 0. The SMILES string of the molecule is CCC1(COCC(C)(C)c2ccc(CO)cc2)COC1. The fourth-order valence-electron chi connectivity index (χ4n) is 2.45. The van der Waals surface area contributed by atoms with Crippen LogP contribution in [0.1, 0.15) is 38.3 Å². The molecule has 0 aromatic heterocycles. The summed E-state index contributed by atoms with van der Waals surface area (Å²) in [5, 5.41) is 9.09. The second-order valence-corrected chi connectivity index (χ2v) is 6.58. The van der Waals surface area contributed by atoms with E-state index in [1.54, 1.807) is 0 Å². The van der Waals surface area contributed by atoms with Crippen molar-refractivity contribution in [2.45, 2.75) is 39.2 Å². The maximum Gasteiger partial charge on any atom is 0.0681 e. The van der Waals surface area contributed by atoms with Gasteiger partial charge in [-0.25, -0.2) is 0 Å². The predicted molar refractivity (Wildman–Crippen MR) is 79.8 cm³/mol. The molecule has 1 aromatic carbocycles. The number of hydrogen-bond donors (Lipinski definition) is 1. The van der Waals surface area contributed by atoms with Crippen LogP contribution in [0, 0.1) is 5.41 Å². The molecule has 1 aliphatic heterocycles. The van der Waals surface area contributed by atoms with E-state index in [9.17, 15) is 0 Å². The predicted octanol–water partition coefficient (Wildman–Crippen LogP) is 2.90. The van der Waals surface area contributed by atoms with Gasteiger partial charge in [-0.05, 0) is 17.5 Å². The quantitative estimate of drug-likeness (QED) is 0.833. The first-order valence-electron chi connectivity index (χ1n) is 7.37. The largest absolute Gasteiger partial charge is 0.392 e. The molecule has 0 unspecified atom stereocenters. The number of hydrogen-bond acceptors (Lipinski definition) is 3. The van der Waals surface area contributed by atoms with Crippen molar-refractivity contribution >= 4 is 0 Å². The molecule has 1 heterocycles. The van der Waals surface area contributed by atoms with Gasteiger partial charge in [0.1, 0.15) is 0 Å². The fourth-order valence-corrected chi connectivity index (χ4v) is 2.45. The molecule has 20 heavy (non-hydrogen) atoms. The molecule has 1 saturated heterocycles. The van der Waals surface area contributed by atoms with Crippen LogP contribution in [-0.4, -0.2) is 31.5 Å². The minimum Gasteiger partial charge on any atom is -0.392 e. The molecule has 3 nitrogen and oxygen atoms in total. The number of aliphatic hydroxyl groups excluding tert-OH is 1. The summed E-state index contributed by atoms with van der Waals surface area (Å²) in [5.41, 5.74) is 2.41. The second-order valence-electron chi connectivity index (χ2n) is 6.58. The van der Waals surface area contributed by atoms with E-state index in [0.717, 1.165) is 31.8 Å². The Morgan fingerprint density at radius 3 is 2.35 bits per heavy atom. The molecule has 0 spiro atoms. The molecule has 1 N–H and O–H groups in total. The lowest BCUT2D eigenvalue weighted by molar-refractivity contribution is -0.153. The van der Waals surface area contributed by atoms with Crippen LogP contribution in [-0.2, 0) is 21.5 Å². The van der Waals surface area contributed by atoms with Crippen molar-refractivity contribution in [3.05, 3.63) is 35.4 Å². The average molecular weight is 278 g/mol. The molecular formula is C17H26O3. The van der Waals surface area contributed by atoms with E-state index in [0.29, 0.717) is 6.61 Å². The summed E-state index contributed by atoms with van der Waals surface area (Å²) < 4.78 is 11.3. The summed E-state index contributed by atoms with van der Waals surface area (Å²) in [6, 6.07) is 8.11. The van der Waals surface area contributed by atoms with Crippen molar-refractivity contribution in [3.63, 3.8) is 0 Å². The fraction of sp³-hybridized carbons (Fsp3) is 0.647. The van der Waals surface area contributed by atoms with E-state index in [-0.39, 0.29) is 17.4 Å². The second kappa shape index (κ2) is 6.25. The highest BCUT2D eigenvalue weighted by Crippen LogP contribution is 2.32. The third-order valence-corrected chi connectivity index (χ3v) is 4.36. The van der Waals surface area contributed by atoms with Gasteiger partial charge in [-0.2, -0.15) is 0 Å². The molecule has 0 atom stereocenters. The first-order chi connectivity index (χ1) is 9.51. The van der Waals surface area contributed by atoms with Crippen LogP contribution in [0.15, 0.2) is 24.3 Å². The molecule has 1 fully saturated rings. The van der Waals surface area contributed by atoms with Crippen LogP contribution < -0.4 is 0 Å². The Hall–Kier alpha value is -0.900. The third kappa shape index (κ3) is 3.40. The van der Waals surface area contributed by atoms with Gasteiger partial charge in [-0.1, -0.05) is 45.0 Å². The van der Waals surface area contributed by atoms with Crippen LogP contribution in [0.4, 0.5) is 0 Å². The summed E-state index contributed by atoms with van der Waals surface area (Å²) >= 11 is 0. The molecule has 3 heteroatoms. The van der Waals surface area contributed by atoms with E-state index in [2.05, 4.69) is 32.9 Å². The Bertz CT molecular complexity index is 413. The van der Waals surface area contributed by atoms with Gasteiger partial charge < -0.3 is 14.6 Å². The number of benzene rings is 1. The maximum atomic E-state index is 9.09. The Balaban J connectivity index is 1.89. The molecule has 112 valence electrons. The van der Waals surface area contributed by atoms with E-state index in [4.69, 9.17) is 14.6 Å². The lowest BCUT2D eigenvalue weighted by Crippen LogP contribution is -2.46. The standard InChI is InChI=1S/C17H26O3/c1-4-17(12-20-13-17)11-19-10-16(2,3)15-7-5-14(9-18)6-8-15/h5-8,18H,4,9-13H2,1-3H3. The zero-order chi connectivity index (χ0) is 14.6. The summed E-state index contributed by atoms with van der Waals surface area (Å²) in [5.74, 6) is 0. The molecule has 0 bridgehead atoms. The number of aliphatic hydroxyl groups is 1. The van der Waals surface area contributed by atoms with Gasteiger partial charge in [0.2, 0.25) is 0 Å². The van der Waals surface area contributed by atoms with Gasteiger partial charge in [0.15, 0.2) is 0 Å². The highest BCUT2D eigenvalue weighted by Gasteiger charge is 2.37. The van der Waals surface area contributed by atoms with Crippen molar-refractivity contribution in [3.8, 4) is 0 Å². The molecular weight excluding hydrogens is 252 g/mol. The van der Waals surface area contributed by atoms with Gasteiger partial charge >= 0.3 is 0 Å². The summed E-state index contributed by atoms with van der Waals surface area (Å²) in [6.07, 6.45) is 1.11. The average Bonchev–Trinajstić information content (AvgIpc) is 2.42. The summed E-state index contributed by atoms with van der Waals surface area (Å²) in [4.78, 5) is 0. The van der Waals surface area contributed by atoms with Crippen LogP contribution >= 0.6 is 0 Å². The van der Waals surface area contributed by atoms with Crippen LogP contribution in [0.25, 0.3) is 0 Å². The topological polar surface area (TPSA) is 38.7 Å². The van der Waals surface area contributed by atoms with Crippen LogP contribution in [0.2, 0.25) is 0 Å². The normalized spacial score (nSPS) is 17.8. The molecule has 1 aliphatic rings. The Labute approximate surface area is 121 Å². The monoisotopic (exact) mass is 278 g/mol. The third-order valence-electron chi connectivity index (χ3n) is 4.36. The van der Waals surface area contributed by atoms with E-state index < -0.39 is 0 Å². The zero-order valence-corrected chi connectivity index (χ0v) is 12.8. The zero-order valence-electron chi connectivity index (χ0n) is 12.8. The minimum atomic E-state index is -0.0203. The van der Waals surface area contributed by atoms with Crippen molar-refractivity contribution in [2.24, 2.45) is 5.41 Å². The lowest BCUT2D eigenvalue weighted by Gasteiger charge is -2.41. The van der Waals surface area contributed by atoms with Gasteiger partial charge in [-0.15, -0.1) is 0 Å². The van der Waals surface area contributed by atoms with Crippen molar-refractivity contribution in [1.29, 1.82) is 0 Å². The molecule has 0 radical (unpaired) electrons. The number of ether oxygens (including phenoxy) is 2. The Kier molecular flexibility index (Phi) is 4.84. The van der Waals surface area contributed by atoms with Gasteiger partial charge in [0.05, 0.1) is 33.0 Å². The molecule has 0 aliphatic carbocycles. The molecule has 0 amide bonds. The first kappa shape index (κ1) is 15.5. The van der Waals surface area contributed by atoms with Gasteiger partial charge in [0.25, 0.3) is 0 Å². The van der Waals surface area contributed by atoms with E-state index in [1.165, 1.54) is 5.56 Å². The van der Waals surface area contributed by atoms with Crippen LogP contribution in [0.5, 0.6) is 0 Å². The summed E-state index contributed by atoms with van der Waals surface area (Å²) in [6.45, 7) is 9.81. The first-order valence-corrected chi connectivity index (χ1v) is 7.37. The maximum absolute atomic E-state index is 9.09. The van der Waals surface area contributed by atoms with Gasteiger partial charge in [-0.3, -0.25) is 0 Å². The smallest absolute Gasteiger partial charge is 0.0681 e. The molecule has 0 saturated carbocycles. The van der Waals surface area contributed by atoms with Crippen LogP contribution in [0.3, 0.4) is 0 Å². The lowest BCUT2D eigenvalue weighted by atomic mass is 9.83. The Morgan fingerprint density at radius 2 is 1.90 bits per heavy atom. The van der Waals surface area contributed by atoms with Gasteiger partial charge in [0, 0.05) is 10.8 Å². The number of rotatable bonds is 7. The molecule has 1 aromatic rings. The highest BCUT2D eigenvalue weighted by atomic mass is 16.5. The van der Waals surface area contributed by atoms with Crippen molar-refractivity contribution < 1.29 is 14.6 Å².